The molecule has 87 heavy (non-hydrogen) atoms. The fourth-order valence-corrected chi connectivity index (χ4v) is 10.5. The zero-order valence-corrected chi connectivity index (χ0v) is 54.2. The molecule has 4 bridgehead atoms. The predicted octanol–water partition coefficient (Wildman–Crippen LogP) is 4.62. The maximum atomic E-state index is 14.4. The number of halogens is 1. The summed E-state index contributed by atoms with van der Waals surface area (Å²) in [6.07, 6.45) is 1.21. The maximum Gasteiger partial charge on any atom is 0.409 e. The molecule has 4 amide bonds. The number of hydrogen-bond acceptors (Lipinski definition) is 22. The summed E-state index contributed by atoms with van der Waals surface area (Å²) in [4.78, 5) is 81.7. The van der Waals surface area contributed by atoms with E-state index in [2.05, 4.69) is 15.4 Å². The summed E-state index contributed by atoms with van der Waals surface area (Å²) in [5.74, 6) is -2.16. The van der Waals surface area contributed by atoms with E-state index in [1.165, 1.54) is 56.9 Å². The van der Waals surface area contributed by atoms with Crippen molar-refractivity contribution in [1.29, 1.82) is 0 Å². The number of nitrogens with one attached hydrogen (secondary N) is 2. The van der Waals surface area contributed by atoms with E-state index >= 15 is 0 Å². The second-order valence-corrected chi connectivity index (χ2v) is 24.1. The highest BCUT2D eigenvalue weighted by molar-refractivity contribution is 8.01. The Bertz CT molecular complexity index is 2390. The Morgan fingerprint density at radius 2 is 1.43 bits per heavy atom. The van der Waals surface area contributed by atoms with E-state index in [9.17, 15) is 33.9 Å². The highest BCUT2D eigenvalue weighted by Gasteiger charge is 2.64. The first-order valence-electron chi connectivity index (χ1n) is 29.4. The lowest BCUT2D eigenvalue weighted by atomic mass is 9.83. The van der Waals surface area contributed by atoms with Gasteiger partial charge in [0.15, 0.2) is 5.72 Å². The summed E-state index contributed by atoms with van der Waals surface area (Å²) in [6, 6.07) is 2.47. The van der Waals surface area contributed by atoms with Gasteiger partial charge in [-0.2, -0.15) is 0 Å². The number of anilines is 1. The minimum Gasteiger partial charge on any atom is -0.495 e. The van der Waals surface area contributed by atoms with Gasteiger partial charge in [0.25, 0.3) is 0 Å². The Hall–Kier alpha value is -4.68. The van der Waals surface area contributed by atoms with Crippen molar-refractivity contribution in [1.82, 2.24) is 15.5 Å². The van der Waals surface area contributed by atoms with Crippen LogP contribution in [0.3, 0.4) is 0 Å². The van der Waals surface area contributed by atoms with Crippen molar-refractivity contribution in [3.63, 3.8) is 0 Å². The second-order valence-electron chi connectivity index (χ2n) is 22.0. The molecule has 2 saturated heterocycles. The first-order valence-corrected chi connectivity index (χ1v) is 30.8. The van der Waals surface area contributed by atoms with Crippen LogP contribution in [0.15, 0.2) is 35.9 Å². The summed E-state index contributed by atoms with van der Waals surface area (Å²) in [5.41, 5.74) is -1.11. The zero-order valence-electron chi connectivity index (χ0n) is 52.6. The van der Waals surface area contributed by atoms with Gasteiger partial charge in [0.1, 0.15) is 40.7 Å². The molecule has 27 heteroatoms. The number of alkyl carbamates (subject to hydrolysis) is 1. The summed E-state index contributed by atoms with van der Waals surface area (Å²) in [5, 5.41) is 17.4. The number of thioether (sulfide) groups is 1. The first-order chi connectivity index (χ1) is 41.5. The number of rotatable bonds is 38. The lowest BCUT2D eigenvalue weighted by Crippen LogP contribution is -2.63. The number of allylic oxidation sites excluding steroid dienone is 3. The van der Waals surface area contributed by atoms with Gasteiger partial charge in [-0.25, -0.2) is 9.59 Å². The maximum absolute atomic E-state index is 14.4. The van der Waals surface area contributed by atoms with Crippen molar-refractivity contribution < 1.29 is 100 Å². The Balaban J connectivity index is 1.14. The van der Waals surface area contributed by atoms with E-state index in [0.717, 1.165) is 11.1 Å². The van der Waals surface area contributed by atoms with E-state index in [1.54, 1.807) is 45.2 Å². The Morgan fingerprint density at radius 3 is 1.97 bits per heavy atom. The number of ether oxygens (including phenoxy) is 14. The average Bonchev–Trinajstić information content (AvgIpc) is 1.62. The van der Waals surface area contributed by atoms with Gasteiger partial charge in [-0.15, -0.1) is 11.8 Å². The number of esters is 2. The van der Waals surface area contributed by atoms with Crippen LogP contribution in [-0.4, -0.2) is 246 Å². The minimum absolute atomic E-state index is 0.0637. The van der Waals surface area contributed by atoms with Crippen molar-refractivity contribution in [2.24, 2.45) is 5.92 Å². The summed E-state index contributed by atoms with van der Waals surface area (Å²) < 4.78 is 77.4. The van der Waals surface area contributed by atoms with Gasteiger partial charge in [0.05, 0.1) is 150 Å². The van der Waals surface area contributed by atoms with Crippen molar-refractivity contribution >= 4 is 64.8 Å². The number of epoxide rings is 1. The normalized spacial score (nSPS) is 22.7. The van der Waals surface area contributed by atoms with Crippen molar-refractivity contribution in [2.75, 3.05) is 158 Å². The number of aliphatic hydroxyl groups is 1. The first kappa shape index (κ1) is 74.8. The van der Waals surface area contributed by atoms with Crippen LogP contribution < -0.4 is 20.3 Å². The largest absolute Gasteiger partial charge is 0.495 e. The van der Waals surface area contributed by atoms with Crippen molar-refractivity contribution in [3.8, 4) is 5.75 Å². The van der Waals surface area contributed by atoms with Crippen LogP contribution in [0.1, 0.15) is 79.2 Å². The molecule has 1 aromatic carbocycles. The van der Waals surface area contributed by atoms with Crippen LogP contribution in [-0.2, 0) is 92.0 Å². The zero-order chi connectivity index (χ0) is 64.0. The molecular weight excluding hydrogens is 1180 g/mol. The number of nitrogens with zero attached hydrogens (tertiary/aromatic N) is 2. The molecule has 25 nitrogen and oxygen atoms in total. The van der Waals surface area contributed by atoms with Gasteiger partial charge < -0.3 is 86.5 Å². The molecule has 0 aromatic heterocycles. The molecule has 1 aromatic rings. The van der Waals surface area contributed by atoms with E-state index in [-0.39, 0.29) is 54.2 Å². The van der Waals surface area contributed by atoms with Crippen LogP contribution in [0, 0.1) is 5.92 Å². The smallest absolute Gasteiger partial charge is 0.409 e. The number of carbonyl (C=O) groups is 6. The Kier molecular flexibility index (Phi) is 33.3. The third-order valence-electron chi connectivity index (χ3n) is 14.9. The van der Waals surface area contributed by atoms with Crippen molar-refractivity contribution in [2.45, 2.75) is 127 Å². The van der Waals surface area contributed by atoms with E-state index < -0.39 is 70.4 Å². The topological polar surface area (TPSA) is 286 Å². The number of hydrogen-bond donors (Lipinski definition) is 3. The lowest BCUT2D eigenvalue weighted by molar-refractivity contribution is -0.162. The SMILES string of the molecule is COC(=O)CCOCCOCCOCCOCCOCCOCCOCCOCCNC(=O)CSC(C)(C)CCC(=O)N(C)[C@@H](C)C(=O)O[C@H]1CC(=O)N(C)c2cc(cc(OC)c2Cl)CC(C)=CC=C[C@@H](OC)[C@@]2(O)C[C@H](OC(=O)N2)[C@@H](C)[C@@H]2O[C@@]12C. The highest BCUT2D eigenvalue weighted by Crippen LogP contribution is 2.49. The molecule has 4 rings (SSSR count). The monoisotopic (exact) mass is 1270 g/mol. The molecule has 2 fully saturated rings. The molecule has 0 spiro atoms. The Morgan fingerprint density at radius 1 is 0.874 bits per heavy atom. The fourth-order valence-electron chi connectivity index (χ4n) is 9.35. The predicted molar refractivity (Wildman–Crippen MR) is 323 cm³/mol. The second kappa shape index (κ2) is 38.8. The van der Waals surface area contributed by atoms with Gasteiger partial charge in [-0.05, 0) is 51.3 Å². The number of methoxy groups -OCH3 is 3. The molecular formula is C60H95ClN4O21S. The standard InChI is InChI=1S/C60H95ClN4O21S/c1-41-13-12-14-48(74-10)60(72)39-47(84-57(71)63-60)42(2)55-59(6,86-55)49(38-52(68)65(8)45-36-44(35-41)37-46(73-9)54(45)61)85-56(70)43(3)64(7)51(67)15-17-58(4,5)87-40-50(66)62-18-20-77-22-24-79-26-28-81-30-32-83-34-33-82-31-29-80-27-25-78-23-21-76-19-16-53(69)75-11/h12-14,36-37,42-43,47-49,55,72H,15-35,38-40H2,1-11H3,(H,62,66)(H,63,71)/t42-,43+,47+,48-,49+,55+,59+,60+/m1/s1. The highest BCUT2D eigenvalue weighted by atomic mass is 35.5. The van der Waals surface area contributed by atoms with E-state index in [0.29, 0.717) is 137 Å². The minimum atomic E-state index is -1.87. The van der Waals surface area contributed by atoms with Crippen LogP contribution >= 0.6 is 23.4 Å². The van der Waals surface area contributed by atoms with Gasteiger partial charge in [0.2, 0.25) is 17.7 Å². The van der Waals surface area contributed by atoms with E-state index in [4.69, 9.17) is 73.2 Å². The molecule has 3 aliphatic rings. The third kappa shape index (κ3) is 26.0. The number of amides is 4. The quantitative estimate of drug-likeness (QED) is 0.0352. The lowest BCUT2D eigenvalue weighted by Gasteiger charge is -2.42. The molecule has 3 aliphatic heterocycles. The number of fused-ring (bicyclic) bond motifs is 5. The van der Waals surface area contributed by atoms with Crippen LogP contribution in [0.2, 0.25) is 5.02 Å². The Labute approximate surface area is 521 Å². The summed E-state index contributed by atoms with van der Waals surface area (Å²) in [6.45, 7) is 17.5. The van der Waals surface area contributed by atoms with E-state index in [1.807, 2.05) is 26.8 Å². The van der Waals surface area contributed by atoms with Crippen LogP contribution in [0.5, 0.6) is 5.75 Å². The number of benzene rings is 1. The van der Waals surface area contributed by atoms with Gasteiger partial charge >= 0.3 is 18.0 Å². The molecule has 0 radical (unpaired) electrons. The van der Waals surface area contributed by atoms with Crippen LogP contribution in [0.4, 0.5) is 10.5 Å². The number of carbonyl (C=O) groups excluding carboxylic acids is 6. The molecule has 0 unspecified atom stereocenters. The molecule has 0 saturated carbocycles. The average molecular weight is 1280 g/mol. The molecule has 494 valence electrons. The fraction of sp³-hybridized carbons (Fsp3) is 0.733. The molecule has 8 atom stereocenters. The van der Waals surface area contributed by atoms with Gasteiger partial charge in [-0.1, -0.05) is 56.2 Å². The molecule has 3 heterocycles. The third-order valence-corrected chi connectivity index (χ3v) is 16.7. The van der Waals surface area contributed by atoms with Crippen LogP contribution in [0.25, 0.3) is 0 Å². The van der Waals surface area contributed by atoms with Gasteiger partial charge in [-0.3, -0.25) is 24.5 Å². The van der Waals surface area contributed by atoms with Crippen molar-refractivity contribution in [3.05, 3.63) is 46.5 Å². The summed E-state index contributed by atoms with van der Waals surface area (Å²) in [7, 11) is 7.30. The summed E-state index contributed by atoms with van der Waals surface area (Å²) >= 11 is 8.24. The molecule has 3 N–H and O–H groups in total. The number of likely N-dealkylation sites (N-methyl/N-ethyl adjacent to an activating group) is 1. The molecule has 0 aliphatic carbocycles. The van der Waals surface area contributed by atoms with Gasteiger partial charge in [0, 0.05) is 51.3 Å².